The van der Waals surface area contributed by atoms with Gasteiger partial charge in [0.15, 0.2) is 5.78 Å². The number of ketones is 1. The molecule has 1 nitrogen and oxygen atoms in total. The van der Waals surface area contributed by atoms with Gasteiger partial charge >= 0.3 is 6.18 Å². The molecule has 0 spiro atoms. The monoisotopic (exact) mass is 248 g/mol. The Hall–Kier alpha value is -1.10. The van der Waals surface area contributed by atoms with Gasteiger partial charge in [-0.2, -0.15) is 13.2 Å². The number of allylic oxidation sites excluding steroid dienone is 2. The molecule has 0 fully saturated rings. The molecule has 5 heteroatoms. The summed E-state index contributed by atoms with van der Waals surface area (Å²) < 4.78 is 35.4. The van der Waals surface area contributed by atoms with Gasteiger partial charge < -0.3 is 0 Å². The van der Waals surface area contributed by atoms with Crippen molar-refractivity contribution in [3.8, 4) is 0 Å². The number of rotatable bonds is 4. The first-order valence-electron chi connectivity index (χ1n) is 4.78. The molecule has 0 saturated heterocycles. The van der Waals surface area contributed by atoms with E-state index in [0.29, 0.717) is 4.88 Å². The second-order valence-corrected chi connectivity index (χ2v) is 4.37. The molecule has 0 N–H and O–H groups in total. The maximum Gasteiger partial charge on any atom is 0.392 e. The number of halogens is 3. The maximum atomic E-state index is 11.8. The molecule has 1 heterocycles. The zero-order chi connectivity index (χ0) is 12.2. The second kappa shape index (κ2) is 5.30. The fourth-order valence-corrected chi connectivity index (χ4v) is 1.95. The van der Waals surface area contributed by atoms with Crippen molar-refractivity contribution < 1.29 is 18.0 Å². The van der Waals surface area contributed by atoms with Gasteiger partial charge in [-0.05, 0) is 24.6 Å². The Morgan fingerprint density at radius 2 is 2.12 bits per heavy atom. The first-order chi connectivity index (χ1) is 7.42. The fourth-order valence-electron chi connectivity index (χ4n) is 1.08. The molecule has 0 aliphatic heterocycles. The van der Waals surface area contributed by atoms with Gasteiger partial charge in [0.2, 0.25) is 0 Å². The lowest BCUT2D eigenvalue weighted by Gasteiger charge is -1.99. The van der Waals surface area contributed by atoms with E-state index in [-0.39, 0.29) is 5.78 Å². The van der Waals surface area contributed by atoms with Crippen molar-refractivity contribution in [3.05, 3.63) is 34.0 Å². The number of thiophene rings is 1. The lowest BCUT2D eigenvalue weighted by Crippen LogP contribution is -2.04. The Bertz CT molecular complexity index is 390. The molecule has 0 aromatic carbocycles. The van der Waals surface area contributed by atoms with Crippen molar-refractivity contribution in [2.45, 2.75) is 25.9 Å². The SMILES string of the molecule is CCc1ccc(C(=O)/C=C/CC(F)(F)F)s1. The topological polar surface area (TPSA) is 17.1 Å². The minimum absolute atomic E-state index is 0.367. The molecule has 0 aliphatic carbocycles. The van der Waals surface area contributed by atoms with Gasteiger partial charge in [0.05, 0.1) is 11.3 Å². The molecule has 0 unspecified atom stereocenters. The van der Waals surface area contributed by atoms with E-state index in [4.69, 9.17) is 0 Å². The predicted octanol–water partition coefficient (Wildman–Crippen LogP) is 4.00. The molecular formula is C11H11F3OS. The highest BCUT2D eigenvalue weighted by Crippen LogP contribution is 2.21. The molecule has 0 bridgehead atoms. The number of hydrogen-bond acceptors (Lipinski definition) is 2. The summed E-state index contributed by atoms with van der Waals surface area (Å²) in [6.45, 7) is 1.96. The molecule has 16 heavy (non-hydrogen) atoms. The third-order valence-electron chi connectivity index (χ3n) is 1.87. The zero-order valence-electron chi connectivity index (χ0n) is 8.67. The highest BCUT2D eigenvalue weighted by atomic mass is 32.1. The van der Waals surface area contributed by atoms with Crippen molar-refractivity contribution in [1.82, 2.24) is 0 Å². The van der Waals surface area contributed by atoms with Crippen LogP contribution in [0.15, 0.2) is 24.3 Å². The van der Waals surface area contributed by atoms with Crippen LogP contribution in [0.25, 0.3) is 0 Å². The predicted molar refractivity (Wildman–Crippen MR) is 57.8 cm³/mol. The summed E-state index contributed by atoms with van der Waals surface area (Å²) in [6, 6.07) is 3.46. The van der Waals surface area contributed by atoms with Crippen molar-refractivity contribution >= 4 is 17.1 Å². The molecule has 0 atom stereocenters. The fraction of sp³-hybridized carbons (Fsp3) is 0.364. The number of hydrogen-bond donors (Lipinski definition) is 0. The second-order valence-electron chi connectivity index (χ2n) is 3.21. The Labute approximate surface area is 95.6 Å². The van der Waals surface area contributed by atoms with E-state index in [9.17, 15) is 18.0 Å². The average molecular weight is 248 g/mol. The van der Waals surface area contributed by atoms with Crippen LogP contribution in [-0.4, -0.2) is 12.0 Å². The average Bonchev–Trinajstić information content (AvgIpc) is 2.63. The summed E-state index contributed by atoms with van der Waals surface area (Å²) in [5.41, 5.74) is 0. The first-order valence-corrected chi connectivity index (χ1v) is 5.60. The van der Waals surface area contributed by atoms with Crippen LogP contribution in [0.1, 0.15) is 27.9 Å². The first kappa shape index (κ1) is 13.0. The van der Waals surface area contributed by atoms with E-state index in [0.717, 1.165) is 23.5 Å². The number of alkyl halides is 3. The van der Waals surface area contributed by atoms with Crippen molar-refractivity contribution in [2.75, 3.05) is 0 Å². The van der Waals surface area contributed by atoms with Gasteiger partial charge in [0, 0.05) is 4.88 Å². The Morgan fingerprint density at radius 1 is 1.44 bits per heavy atom. The highest BCUT2D eigenvalue weighted by molar-refractivity contribution is 7.14. The van der Waals surface area contributed by atoms with Crippen molar-refractivity contribution in [2.24, 2.45) is 0 Å². The van der Waals surface area contributed by atoms with E-state index in [1.54, 1.807) is 6.07 Å². The third kappa shape index (κ3) is 4.18. The Morgan fingerprint density at radius 3 is 2.62 bits per heavy atom. The molecule has 1 rings (SSSR count). The summed E-state index contributed by atoms with van der Waals surface area (Å²) in [5.74, 6) is -0.367. The Balaban J connectivity index is 2.59. The molecule has 0 amide bonds. The van der Waals surface area contributed by atoms with Gasteiger partial charge in [0.25, 0.3) is 0 Å². The molecule has 1 aromatic heterocycles. The van der Waals surface area contributed by atoms with E-state index >= 15 is 0 Å². The van der Waals surface area contributed by atoms with Gasteiger partial charge in [0.1, 0.15) is 0 Å². The van der Waals surface area contributed by atoms with E-state index in [1.807, 2.05) is 13.0 Å². The largest absolute Gasteiger partial charge is 0.392 e. The van der Waals surface area contributed by atoms with Crippen LogP contribution >= 0.6 is 11.3 Å². The van der Waals surface area contributed by atoms with Crippen LogP contribution in [-0.2, 0) is 6.42 Å². The third-order valence-corrected chi connectivity index (χ3v) is 3.12. The van der Waals surface area contributed by atoms with Gasteiger partial charge in [-0.25, -0.2) is 0 Å². The van der Waals surface area contributed by atoms with Crippen LogP contribution in [0, 0.1) is 0 Å². The van der Waals surface area contributed by atoms with Crippen LogP contribution in [0.4, 0.5) is 13.2 Å². The van der Waals surface area contributed by atoms with Gasteiger partial charge in [-0.3, -0.25) is 4.79 Å². The smallest absolute Gasteiger partial charge is 0.288 e. The number of carbonyl (C=O) groups excluding carboxylic acids is 1. The quantitative estimate of drug-likeness (QED) is 0.581. The normalized spacial score (nSPS) is 12.2. The van der Waals surface area contributed by atoms with Gasteiger partial charge in [-0.15, -0.1) is 11.3 Å². The van der Waals surface area contributed by atoms with E-state index in [2.05, 4.69) is 0 Å². The highest BCUT2D eigenvalue weighted by Gasteiger charge is 2.24. The summed E-state index contributed by atoms with van der Waals surface area (Å²) in [6.07, 6.45) is -2.65. The summed E-state index contributed by atoms with van der Waals surface area (Å²) >= 11 is 1.32. The van der Waals surface area contributed by atoms with Crippen LogP contribution < -0.4 is 0 Å². The molecule has 0 saturated carbocycles. The lowest BCUT2D eigenvalue weighted by atomic mass is 10.2. The number of aryl methyl sites for hydroxylation is 1. The van der Waals surface area contributed by atoms with Gasteiger partial charge in [-0.1, -0.05) is 13.0 Å². The van der Waals surface area contributed by atoms with Crippen LogP contribution in [0.3, 0.4) is 0 Å². The van der Waals surface area contributed by atoms with E-state index < -0.39 is 12.6 Å². The minimum atomic E-state index is -4.25. The van der Waals surface area contributed by atoms with Crippen molar-refractivity contribution in [3.63, 3.8) is 0 Å². The van der Waals surface area contributed by atoms with E-state index in [1.165, 1.54) is 11.3 Å². The Kier molecular flexibility index (Phi) is 4.29. The minimum Gasteiger partial charge on any atom is -0.288 e. The maximum absolute atomic E-state index is 11.8. The van der Waals surface area contributed by atoms with Crippen molar-refractivity contribution in [1.29, 1.82) is 0 Å². The van der Waals surface area contributed by atoms with Crippen LogP contribution in [0.2, 0.25) is 0 Å². The lowest BCUT2D eigenvalue weighted by molar-refractivity contribution is -0.125. The summed E-state index contributed by atoms with van der Waals surface area (Å²) in [4.78, 5) is 12.9. The summed E-state index contributed by atoms with van der Waals surface area (Å²) in [5, 5.41) is 0. The standard InChI is InChI=1S/C11H11F3OS/c1-2-8-5-6-10(16-8)9(15)4-3-7-11(12,13)14/h3-6H,2,7H2,1H3/b4-3+. The van der Waals surface area contributed by atoms with Crippen LogP contribution in [0.5, 0.6) is 0 Å². The number of carbonyl (C=O) groups is 1. The zero-order valence-corrected chi connectivity index (χ0v) is 9.49. The molecule has 88 valence electrons. The molecule has 0 radical (unpaired) electrons. The molecule has 0 aliphatic rings. The molecule has 1 aromatic rings. The summed E-state index contributed by atoms with van der Waals surface area (Å²) in [7, 11) is 0. The molecular weight excluding hydrogens is 237 g/mol.